The van der Waals surface area contributed by atoms with Gasteiger partial charge >= 0.3 is 0 Å². The van der Waals surface area contributed by atoms with Crippen LogP contribution >= 0.6 is 24.0 Å². The molecule has 0 saturated carbocycles. The van der Waals surface area contributed by atoms with Crippen molar-refractivity contribution in [2.24, 2.45) is 4.99 Å². The van der Waals surface area contributed by atoms with Crippen molar-refractivity contribution in [1.29, 1.82) is 0 Å². The molecule has 2 atom stereocenters. The van der Waals surface area contributed by atoms with E-state index in [9.17, 15) is 5.11 Å². The molecule has 0 aromatic rings. The third-order valence-corrected chi connectivity index (χ3v) is 5.27. The molecule has 3 N–H and O–H groups in total. The predicted octanol–water partition coefficient (Wildman–Crippen LogP) is 2.35. The van der Waals surface area contributed by atoms with Gasteiger partial charge in [0.25, 0.3) is 0 Å². The molecule has 0 radical (unpaired) electrons. The third-order valence-electron chi connectivity index (χ3n) is 5.27. The largest absolute Gasteiger partial charge is 0.388 e. The van der Waals surface area contributed by atoms with Gasteiger partial charge in [0.05, 0.1) is 24.9 Å². The van der Waals surface area contributed by atoms with Gasteiger partial charge in [0.15, 0.2) is 5.96 Å². The van der Waals surface area contributed by atoms with Crippen LogP contribution in [0.5, 0.6) is 0 Å². The van der Waals surface area contributed by atoms with E-state index in [1.165, 1.54) is 19.4 Å². The maximum Gasteiger partial charge on any atom is 0.191 e. The van der Waals surface area contributed by atoms with E-state index in [2.05, 4.69) is 41.3 Å². The maximum absolute atomic E-state index is 10.8. The molecular weight excluding hydrogens is 443 g/mol. The van der Waals surface area contributed by atoms with Crippen LogP contribution in [-0.4, -0.2) is 73.0 Å². The molecule has 2 aliphatic rings. The van der Waals surface area contributed by atoms with E-state index >= 15 is 0 Å². The lowest BCUT2D eigenvalue weighted by atomic mass is 9.93. The lowest BCUT2D eigenvalue weighted by molar-refractivity contribution is -0.0453. The summed E-state index contributed by atoms with van der Waals surface area (Å²) in [5.41, 5.74) is -0.685. The zero-order chi connectivity index (χ0) is 18.1. The second-order valence-electron chi connectivity index (χ2n) is 7.55. The number of nitrogens with zero attached hydrogens (tertiary/aromatic N) is 2. The van der Waals surface area contributed by atoms with E-state index in [0.717, 1.165) is 57.9 Å². The smallest absolute Gasteiger partial charge is 0.191 e. The Hall–Kier alpha value is -0.120. The van der Waals surface area contributed by atoms with E-state index in [4.69, 9.17) is 4.74 Å². The van der Waals surface area contributed by atoms with Crippen LogP contribution in [0.3, 0.4) is 0 Å². The highest BCUT2D eigenvalue weighted by molar-refractivity contribution is 14.0. The summed E-state index contributed by atoms with van der Waals surface area (Å²) in [5.74, 6) is 0.778. The van der Waals surface area contributed by atoms with Gasteiger partial charge in [-0.3, -0.25) is 9.89 Å². The number of aliphatic hydroxyl groups is 1. The average molecular weight is 482 g/mol. The zero-order valence-electron chi connectivity index (χ0n) is 16.8. The van der Waals surface area contributed by atoms with E-state index in [1.807, 2.05) is 0 Å². The van der Waals surface area contributed by atoms with Gasteiger partial charge < -0.3 is 20.5 Å². The Morgan fingerprint density at radius 3 is 2.62 bits per heavy atom. The molecule has 2 unspecified atom stereocenters. The molecule has 7 heteroatoms. The molecule has 0 bridgehead atoms. The third kappa shape index (κ3) is 7.48. The molecule has 2 heterocycles. The molecule has 0 aromatic carbocycles. The van der Waals surface area contributed by atoms with E-state index in [0.29, 0.717) is 12.6 Å². The SMILES string of the molecule is CCCC(O)(CCC)CN=C(NCC)NCC1CN2CCCC2CO1.I. The Labute approximate surface area is 176 Å². The first-order valence-corrected chi connectivity index (χ1v) is 10.2. The van der Waals surface area contributed by atoms with Crippen molar-refractivity contribution >= 4 is 29.9 Å². The van der Waals surface area contributed by atoms with Gasteiger partial charge in [-0.15, -0.1) is 24.0 Å². The molecule has 0 spiro atoms. The number of fused-ring (bicyclic) bond motifs is 1. The summed E-state index contributed by atoms with van der Waals surface area (Å²) < 4.78 is 6.01. The molecule has 6 nitrogen and oxygen atoms in total. The zero-order valence-corrected chi connectivity index (χ0v) is 19.1. The molecule has 0 amide bonds. The van der Waals surface area contributed by atoms with E-state index in [-0.39, 0.29) is 30.1 Å². The summed E-state index contributed by atoms with van der Waals surface area (Å²) in [6, 6.07) is 0.635. The van der Waals surface area contributed by atoms with Crippen LogP contribution in [0.15, 0.2) is 4.99 Å². The standard InChI is InChI=1S/C19H38N4O2.HI/c1-4-9-19(24,10-5-2)15-22-18(20-6-3)21-12-17-13-23-11-7-8-16(23)14-25-17;/h16-17,24H,4-15H2,1-3H3,(H2,20,21,22);1H. The van der Waals surface area contributed by atoms with Crippen LogP contribution in [-0.2, 0) is 4.74 Å². The number of hydrogen-bond acceptors (Lipinski definition) is 4. The number of guanidine groups is 1. The topological polar surface area (TPSA) is 69.1 Å². The number of nitrogens with one attached hydrogen (secondary N) is 2. The van der Waals surface area contributed by atoms with Crippen molar-refractivity contribution in [2.45, 2.75) is 77.0 Å². The highest BCUT2D eigenvalue weighted by Gasteiger charge is 2.32. The van der Waals surface area contributed by atoms with Gasteiger partial charge in [0, 0.05) is 25.7 Å². The fourth-order valence-corrected chi connectivity index (χ4v) is 4.00. The van der Waals surface area contributed by atoms with Crippen molar-refractivity contribution in [3.63, 3.8) is 0 Å². The normalized spacial score (nSPS) is 24.1. The lowest BCUT2D eigenvalue weighted by Crippen LogP contribution is -2.51. The Bertz CT molecular complexity index is 416. The summed E-state index contributed by atoms with van der Waals surface area (Å²) in [7, 11) is 0. The number of aliphatic imine (C=N–C) groups is 1. The number of halogens is 1. The van der Waals surface area contributed by atoms with Gasteiger partial charge in [-0.1, -0.05) is 26.7 Å². The van der Waals surface area contributed by atoms with Gasteiger partial charge in [-0.05, 0) is 39.2 Å². The van der Waals surface area contributed by atoms with Crippen molar-refractivity contribution < 1.29 is 9.84 Å². The molecular formula is C19H39IN4O2. The van der Waals surface area contributed by atoms with Crippen molar-refractivity contribution in [3.8, 4) is 0 Å². The van der Waals surface area contributed by atoms with E-state index in [1.54, 1.807) is 0 Å². The Morgan fingerprint density at radius 2 is 1.96 bits per heavy atom. The fourth-order valence-electron chi connectivity index (χ4n) is 4.00. The summed E-state index contributed by atoms with van der Waals surface area (Å²) >= 11 is 0. The van der Waals surface area contributed by atoms with Crippen molar-refractivity contribution in [3.05, 3.63) is 0 Å². The lowest BCUT2D eigenvalue weighted by Gasteiger charge is -2.35. The highest BCUT2D eigenvalue weighted by atomic mass is 127. The first-order valence-electron chi connectivity index (χ1n) is 10.2. The molecule has 2 saturated heterocycles. The molecule has 2 aliphatic heterocycles. The second-order valence-corrected chi connectivity index (χ2v) is 7.55. The number of hydrogen-bond donors (Lipinski definition) is 3. The van der Waals surface area contributed by atoms with Crippen LogP contribution in [0, 0.1) is 0 Å². The van der Waals surface area contributed by atoms with Gasteiger partial charge in [-0.2, -0.15) is 0 Å². The first-order chi connectivity index (χ1) is 12.1. The van der Waals surface area contributed by atoms with Crippen LogP contribution in [0.1, 0.15) is 59.3 Å². The summed E-state index contributed by atoms with van der Waals surface area (Å²) in [5, 5.41) is 17.4. The summed E-state index contributed by atoms with van der Waals surface area (Å²) in [6.45, 7) is 11.4. The minimum atomic E-state index is -0.685. The minimum absolute atomic E-state index is 0. The summed E-state index contributed by atoms with van der Waals surface area (Å²) in [6.07, 6.45) is 6.33. The maximum atomic E-state index is 10.8. The fraction of sp³-hybridized carbons (Fsp3) is 0.947. The number of rotatable bonds is 9. The Morgan fingerprint density at radius 1 is 1.23 bits per heavy atom. The van der Waals surface area contributed by atoms with Crippen molar-refractivity contribution in [2.75, 3.05) is 39.3 Å². The highest BCUT2D eigenvalue weighted by Crippen LogP contribution is 2.22. The number of morpholine rings is 1. The minimum Gasteiger partial charge on any atom is -0.388 e. The Kier molecular flexibility index (Phi) is 11.4. The van der Waals surface area contributed by atoms with Crippen LogP contribution in [0.2, 0.25) is 0 Å². The van der Waals surface area contributed by atoms with Crippen LogP contribution in [0.25, 0.3) is 0 Å². The van der Waals surface area contributed by atoms with Crippen LogP contribution in [0.4, 0.5) is 0 Å². The van der Waals surface area contributed by atoms with Crippen LogP contribution < -0.4 is 10.6 Å². The van der Waals surface area contributed by atoms with E-state index < -0.39 is 5.60 Å². The molecule has 2 fully saturated rings. The van der Waals surface area contributed by atoms with Gasteiger partial charge in [0.2, 0.25) is 0 Å². The Balaban J connectivity index is 0.00000338. The van der Waals surface area contributed by atoms with Gasteiger partial charge in [0.1, 0.15) is 0 Å². The molecule has 2 rings (SSSR count). The molecule has 0 aliphatic carbocycles. The molecule has 26 heavy (non-hydrogen) atoms. The molecule has 0 aromatic heterocycles. The van der Waals surface area contributed by atoms with Crippen molar-refractivity contribution in [1.82, 2.24) is 15.5 Å². The monoisotopic (exact) mass is 482 g/mol. The quantitative estimate of drug-likeness (QED) is 0.268. The average Bonchev–Trinajstić information content (AvgIpc) is 3.05. The molecule has 154 valence electrons. The van der Waals surface area contributed by atoms with Gasteiger partial charge in [-0.25, -0.2) is 0 Å². The second kappa shape index (κ2) is 12.4. The number of ether oxygens (including phenoxy) is 1. The first kappa shape index (κ1) is 23.9. The predicted molar refractivity (Wildman–Crippen MR) is 118 cm³/mol. The summed E-state index contributed by atoms with van der Waals surface area (Å²) in [4.78, 5) is 7.21.